The highest BCUT2D eigenvalue weighted by atomic mass is 35.5. The lowest BCUT2D eigenvalue weighted by molar-refractivity contribution is -0.0382. The van der Waals surface area contributed by atoms with Crippen molar-refractivity contribution in [2.45, 2.75) is 39.4 Å². The fourth-order valence-electron chi connectivity index (χ4n) is 2.50. The van der Waals surface area contributed by atoms with Crippen LogP contribution < -0.4 is 5.32 Å². The Balaban J connectivity index is 2.06. The number of hydrogen-bond acceptors (Lipinski definition) is 5. The van der Waals surface area contributed by atoms with Crippen molar-refractivity contribution in [2.75, 3.05) is 26.2 Å². The Hall–Kier alpha value is -2.12. The minimum Gasteiger partial charge on any atom is -0.444 e. The van der Waals surface area contributed by atoms with Crippen molar-refractivity contribution in [3.63, 3.8) is 0 Å². The van der Waals surface area contributed by atoms with E-state index in [2.05, 4.69) is 21.9 Å². The lowest BCUT2D eigenvalue weighted by Gasteiger charge is -2.33. The second-order valence-corrected chi connectivity index (χ2v) is 7.62. The Morgan fingerprint density at radius 3 is 2.96 bits per heavy atom. The van der Waals surface area contributed by atoms with Gasteiger partial charge in [0.25, 0.3) is 0 Å². The lowest BCUT2D eigenvalue weighted by atomic mass is 10.1. The highest BCUT2D eigenvalue weighted by Crippen LogP contribution is 2.15. The molecule has 0 radical (unpaired) electrons. The summed E-state index contributed by atoms with van der Waals surface area (Å²) in [6, 6.07) is 0. The summed E-state index contributed by atoms with van der Waals surface area (Å²) in [5, 5.41) is 3.43. The fraction of sp³-hybridized carbons (Fsp3) is 0.526. The van der Waals surface area contributed by atoms with Crippen LogP contribution in [0.5, 0.6) is 0 Å². The van der Waals surface area contributed by atoms with Crippen LogP contribution in [0.25, 0.3) is 0 Å². The summed E-state index contributed by atoms with van der Waals surface area (Å²) in [5.74, 6) is 0.531. The SMILES string of the molecule is C=C1C=C(Cl)NC(=NC[C@@H]2CN(C(=O)OC(C)(C)C)CCO2)C1=N/C=C\C. The molecule has 1 amide bonds. The van der Waals surface area contributed by atoms with Crippen LogP contribution in [0, 0.1) is 0 Å². The normalized spacial score (nSPS) is 24.3. The third-order valence-electron chi connectivity index (χ3n) is 3.66. The van der Waals surface area contributed by atoms with E-state index in [9.17, 15) is 4.79 Å². The molecule has 0 saturated carbocycles. The summed E-state index contributed by atoms with van der Waals surface area (Å²) in [7, 11) is 0. The number of carbonyl (C=O) groups is 1. The molecule has 2 heterocycles. The number of morpholine rings is 1. The Morgan fingerprint density at radius 1 is 1.56 bits per heavy atom. The van der Waals surface area contributed by atoms with Gasteiger partial charge in [-0.15, -0.1) is 0 Å². The number of halogens is 1. The first kappa shape index (κ1) is 21.2. The number of nitrogens with zero attached hydrogens (tertiary/aromatic N) is 3. The molecule has 8 heteroatoms. The van der Waals surface area contributed by atoms with Crippen molar-refractivity contribution < 1.29 is 14.3 Å². The van der Waals surface area contributed by atoms with Gasteiger partial charge in [-0.25, -0.2) is 4.79 Å². The molecule has 1 N–H and O–H groups in total. The van der Waals surface area contributed by atoms with Crippen LogP contribution in [0.3, 0.4) is 0 Å². The predicted molar refractivity (Wildman–Crippen MR) is 108 cm³/mol. The summed E-state index contributed by atoms with van der Waals surface area (Å²) < 4.78 is 11.2. The van der Waals surface area contributed by atoms with Gasteiger partial charge >= 0.3 is 6.09 Å². The Labute approximate surface area is 165 Å². The van der Waals surface area contributed by atoms with Gasteiger partial charge in [-0.1, -0.05) is 24.3 Å². The van der Waals surface area contributed by atoms with E-state index in [0.717, 1.165) is 0 Å². The van der Waals surface area contributed by atoms with Crippen LogP contribution in [0.2, 0.25) is 0 Å². The monoisotopic (exact) mass is 394 g/mol. The van der Waals surface area contributed by atoms with Crippen molar-refractivity contribution >= 4 is 29.2 Å². The van der Waals surface area contributed by atoms with E-state index in [4.69, 9.17) is 21.1 Å². The summed E-state index contributed by atoms with van der Waals surface area (Å²) in [6.07, 6.45) is 4.62. The molecule has 2 aliphatic heterocycles. The molecule has 2 rings (SSSR count). The molecular weight excluding hydrogens is 368 g/mol. The highest BCUT2D eigenvalue weighted by molar-refractivity contribution is 6.51. The molecule has 0 bridgehead atoms. The van der Waals surface area contributed by atoms with Gasteiger partial charge in [-0.05, 0) is 39.3 Å². The maximum absolute atomic E-state index is 12.3. The van der Waals surface area contributed by atoms with Gasteiger partial charge < -0.3 is 19.7 Å². The van der Waals surface area contributed by atoms with Gasteiger partial charge in [-0.3, -0.25) is 9.98 Å². The molecule has 0 aromatic heterocycles. The molecule has 2 aliphatic rings. The predicted octanol–water partition coefficient (Wildman–Crippen LogP) is 3.24. The van der Waals surface area contributed by atoms with Crippen LogP contribution in [-0.4, -0.2) is 60.5 Å². The molecule has 0 spiro atoms. The minimum absolute atomic E-state index is 0.235. The van der Waals surface area contributed by atoms with Crippen LogP contribution in [0.15, 0.2) is 45.6 Å². The molecule has 1 saturated heterocycles. The van der Waals surface area contributed by atoms with E-state index in [1.54, 1.807) is 17.2 Å². The smallest absolute Gasteiger partial charge is 0.410 e. The van der Waals surface area contributed by atoms with Gasteiger partial charge in [0.2, 0.25) is 0 Å². The topological polar surface area (TPSA) is 75.5 Å². The molecular formula is C19H27ClN4O3. The van der Waals surface area contributed by atoms with Gasteiger partial charge in [0.05, 0.1) is 25.8 Å². The standard InChI is InChI=1S/C19H27ClN4O3/c1-6-7-21-16-13(2)10-15(20)23-17(16)22-11-14-12-24(8-9-26-14)18(25)27-19(3,4)5/h6-7,10,14H,2,8-9,11-12H2,1,3-5H3,(H,22,23)/b7-6-,21-16?/t14-/m1/s1. The number of aliphatic imine (C=N–C) groups is 2. The van der Waals surface area contributed by atoms with Crippen LogP contribution in [-0.2, 0) is 9.47 Å². The minimum atomic E-state index is -0.529. The second-order valence-electron chi connectivity index (χ2n) is 7.21. The third kappa shape index (κ3) is 6.52. The number of allylic oxidation sites excluding steroid dienone is 2. The quantitative estimate of drug-likeness (QED) is 0.745. The van der Waals surface area contributed by atoms with E-state index in [1.165, 1.54) is 0 Å². The summed E-state index contributed by atoms with van der Waals surface area (Å²) in [5.41, 5.74) is 0.770. The van der Waals surface area contributed by atoms with Gasteiger partial charge in [-0.2, -0.15) is 0 Å². The van der Waals surface area contributed by atoms with E-state index < -0.39 is 5.60 Å². The highest BCUT2D eigenvalue weighted by Gasteiger charge is 2.28. The first-order chi connectivity index (χ1) is 12.7. The molecule has 0 aromatic carbocycles. The molecule has 0 aliphatic carbocycles. The van der Waals surface area contributed by atoms with Crippen LogP contribution in [0.4, 0.5) is 4.79 Å². The number of hydrogen-bond donors (Lipinski definition) is 1. The largest absolute Gasteiger partial charge is 0.444 e. The van der Waals surface area contributed by atoms with Crippen LogP contribution in [0.1, 0.15) is 27.7 Å². The number of amides is 1. The van der Waals surface area contributed by atoms with Crippen molar-refractivity contribution in [1.29, 1.82) is 0 Å². The molecule has 1 atom stereocenters. The summed E-state index contributed by atoms with van der Waals surface area (Å²) in [6.45, 7) is 13.1. The number of nitrogens with one attached hydrogen (secondary N) is 1. The number of ether oxygens (including phenoxy) is 2. The molecule has 0 aromatic rings. The third-order valence-corrected chi connectivity index (χ3v) is 3.87. The number of amidine groups is 1. The Bertz CT molecular complexity index is 704. The zero-order chi connectivity index (χ0) is 20.0. The van der Waals surface area contributed by atoms with Gasteiger partial charge in [0.1, 0.15) is 16.5 Å². The average Bonchev–Trinajstić information content (AvgIpc) is 2.57. The zero-order valence-electron chi connectivity index (χ0n) is 16.3. The number of carbonyl (C=O) groups excluding carboxylic acids is 1. The maximum Gasteiger partial charge on any atom is 0.410 e. The van der Waals surface area contributed by atoms with Crippen LogP contribution >= 0.6 is 11.6 Å². The first-order valence-electron chi connectivity index (χ1n) is 8.86. The van der Waals surface area contributed by atoms with Crippen molar-refractivity contribution in [3.05, 3.63) is 35.7 Å². The van der Waals surface area contributed by atoms with Gasteiger partial charge in [0, 0.05) is 12.7 Å². The van der Waals surface area contributed by atoms with Crippen molar-refractivity contribution in [2.24, 2.45) is 9.98 Å². The van der Waals surface area contributed by atoms with E-state index in [1.807, 2.05) is 33.8 Å². The average molecular weight is 395 g/mol. The van der Waals surface area contributed by atoms with E-state index in [0.29, 0.717) is 48.5 Å². The zero-order valence-corrected chi connectivity index (χ0v) is 17.0. The molecule has 1 fully saturated rings. The molecule has 7 nitrogen and oxygen atoms in total. The van der Waals surface area contributed by atoms with Crippen molar-refractivity contribution in [1.82, 2.24) is 10.2 Å². The van der Waals surface area contributed by atoms with Gasteiger partial charge in [0.15, 0.2) is 5.84 Å². The number of rotatable bonds is 3. The summed E-state index contributed by atoms with van der Waals surface area (Å²) >= 11 is 6.09. The Morgan fingerprint density at radius 2 is 2.30 bits per heavy atom. The molecule has 27 heavy (non-hydrogen) atoms. The first-order valence-corrected chi connectivity index (χ1v) is 9.24. The van der Waals surface area contributed by atoms with E-state index >= 15 is 0 Å². The Kier molecular flexibility index (Phi) is 7.21. The lowest BCUT2D eigenvalue weighted by Crippen LogP contribution is -2.48. The molecule has 0 unspecified atom stereocenters. The molecule has 148 valence electrons. The maximum atomic E-state index is 12.3. The van der Waals surface area contributed by atoms with Crippen molar-refractivity contribution in [3.8, 4) is 0 Å². The fourth-order valence-corrected chi connectivity index (χ4v) is 2.73. The van der Waals surface area contributed by atoms with E-state index in [-0.39, 0.29) is 12.2 Å². The second kappa shape index (κ2) is 9.19. The summed E-state index contributed by atoms with van der Waals surface area (Å²) in [4.78, 5) is 22.8.